The molecular weight excluding hydrogens is 233 g/mol. The summed E-state index contributed by atoms with van der Waals surface area (Å²) in [5, 5.41) is 2.69. The number of furan rings is 1. The SMILES string of the molecule is O=C(/C=C/c1ccco1)NCc1ccc(F)cc1. The van der Waals surface area contributed by atoms with E-state index < -0.39 is 0 Å². The van der Waals surface area contributed by atoms with Crippen LogP contribution >= 0.6 is 0 Å². The van der Waals surface area contributed by atoms with Gasteiger partial charge in [-0.3, -0.25) is 4.79 Å². The van der Waals surface area contributed by atoms with Crippen LogP contribution in [-0.2, 0) is 11.3 Å². The summed E-state index contributed by atoms with van der Waals surface area (Å²) in [6, 6.07) is 9.48. The highest BCUT2D eigenvalue weighted by molar-refractivity contribution is 5.91. The van der Waals surface area contributed by atoms with E-state index in [1.54, 1.807) is 30.3 Å². The fourth-order valence-corrected chi connectivity index (χ4v) is 1.39. The van der Waals surface area contributed by atoms with Crippen molar-refractivity contribution in [2.24, 2.45) is 0 Å². The second kappa shape index (κ2) is 5.82. The standard InChI is InChI=1S/C14H12FNO2/c15-12-5-3-11(4-6-12)10-16-14(17)8-7-13-2-1-9-18-13/h1-9H,10H2,(H,16,17)/b8-7+. The normalized spacial score (nSPS) is 10.7. The van der Waals surface area contributed by atoms with Gasteiger partial charge in [-0.05, 0) is 35.9 Å². The predicted octanol–water partition coefficient (Wildman–Crippen LogP) is 2.75. The number of amides is 1. The van der Waals surface area contributed by atoms with Crippen LogP contribution in [0.25, 0.3) is 6.08 Å². The lowest BCUT2D eigenvalue weighted by Gasteiger charge is -2.01. The molecule has 2 aromatic rings. The fourth-order valence-electron chi connectivity index (χ4n) is 1.39. The Bertz CT molecular complexity index is 529. The van der Waals surface area contributed by atoms with Crippen molar-refractivity contribution in [3.8, 4) is 0 Å². The number of nitrogens with one attached hydrogen (secondary N) is 1. The monoisotopic (exact) mass is 245 g/mol. The van der Waals surface area contributed by atoms with Gasteiger partial charge in [-0.2, -0.15) is 0 Å². The van der Waals surface area contributed by atoms with Crippen molar-refractivity contribution in [3.05, 3.63) is 65.9 Å². The second-order valence-corrected chi connectivity index (χ2v) is 3.69. The number of hydrogen-bond acceptors (Lipinski definition) is 2. The zero-order valence-corrected chi connectivity index (χ0v) is 9.60. The van der Waals surface area contributed by atoms with Crippen LogP contribution in [-0.4, -0.2) is 5.91 Å². The van der Waals surface area contributed by atoms with Crippen molar-refractivity contribution in [2.45, 2.75) is 6.54 Å². The topological polar surface area (TPSA) is 42.2 Å². The molecule has 0 aliphatic heterocycles. The van der Waals surface area contributed by atoms with Crippen molar-refractivity contribution in [1.29, 1.82) is 0 Å². The smallest absolute Gasteiger partial charge is 0.244 e. The zero-order chi connectivity index (χ0) is 12.8. The number of hydrogen-bond donors (Lipinski definition) is 1. The van der Waals surface area contributed by atoms with E-state index >= 15 is 0 Å². The van der Waals surface area contributed by atoms with E-state index in [4.69, 9.17) is 4.42 Å². The van der Waals surface area contributed by atoms with Crippen LogP contribution in [0.3, 0.4) is 0 Å². The summed E-state index contributed by atoms with van der Waals surface area (Å²) >= 11 is 0. The molecule has 1 amide bonds. The van der Waals surface area contributed by atoms with Gasteiger partial charge in [0.2, 0.25) is 5.91 Å². The summed E-state index contributed by atoms with van der Waals surface area (Å²) in [5.74, 6) is 0.102. The Morgan fingerprint density at radius 2 is 2.06 bits per heavy atom. The molecule has 1 N–H and O–H groups in total. The average Bonchev–Trinajstić information content (AvgIpc) is 2.89. The Kier molecular flexibility index (Phi) is 3.91. The first kappa shape index (κ1) is 12.1. The van der Waals surface area contributed by atoms with Crippen LogP contribution in [0.2, 0.25) is 0 Å². The second-order valence-electron chi connectivity index (χ2n) is 3.69. The van der Waals surface area contributed by atoms with Crippen LogP contribution in [0.5, 0.6) is 0 Å². The Morgan fingerprint density at radius 3 is 2.72 bits per heavy atom. The van der Waals surface area contributed by atoms with Gasteiger partial charge in [0, 0.05) is 12.6 Å². The molecule has 0 saturated carbocycles. The maximum absolute atomic E-state index is 12.7. The lowest BCUT2D eigenvalue weighted by atomic mass is 10.2. The van der Waals surface area contributed by atoms with Gasteiger partial charge < -0.3 is 9.73 Å². The summed E-state index contributed by atoms with van der Waals surface area (Å²) in [7, 11) is 0. The predicted molar refractivity (Wildman–Crippen MR) is 66.0 cm³/mol. The molecule has 3 nitrogen and oxygen atoms in total. The summed E-state index contributed by atoms with van der Waals surface area (Å²) < 4.78 is 17.7. The van der Waals surface area contributed by atoms with E-state index in [0.29, 0.717) is 12.3 Å². The van der Waals surface area contributed by atoms with Gasteiger partial charge in [-0.1, -0.05) is 12.1 Å². The number of carbonyl (C=O) groups excluding carboxylic acids is 1. The third-order valence-corrected chi connectivity index (χ3v) is 2.32. The largest absolute Gasteiger partial charge is 0.465 e. The Morgan fingerprint density at radius 1 is 1.28 bits per heavy atom. The molecule has 0 aliphatic carbocycles. The Labute approximate surface area is 104 Å². The molecule has 1 heterocycles. The highest BCUT2D eigenvalue weighted by Crippen LogP contribution is 2.03. The molecule has 92 valence electrons. The van der Waals surface area contributed by atoms with Crippen LogP contribution < -0.4 is 5.32 Å². The summed E-state index contributed by atoms with van der Waals surface area (Å²) in [6.45, 7) is 0.363. The van der Waals surface area contributed by atoms with E-state index in [0.717, 1.165) is 5.56 Å². The molecule has 0 fully saturated rings. The van der Waals surface area contributed by atoms with Gasteiger partial charge in [0.25, 0.3) is 0 Å². The van der Waals surface area contributed by atoms with Gasteiger partial charge in [0.1, 0.15) is 11.6 Å². The minimum Gasteiger partial charge on any atom is -0.465 e. The lowest BCUT2D eigenvalue weighted by Crippen LogP contribution is -2.20. The van der Waals surface area contributed by atoms with Gasteiger partial charge in [0.15, 0.2) is 0 Å². The quantitative estimate of drug-likeness (QED) is 0.841. The molecule has 0 aliphatic rings. The van der Waals surface area contributed by atoms with Crippen LogP contribution in [0, 0.1) is 5.82 Å². The first-order chi connectivity index (χ1) is 8.74. The van der Waals surface area contributed by atoms with E-state index in [-0.39, 0.29) is 11.7 Å². The van der Waals surface area contributed by atoms with E-state index in [9.17, 15) is 9.18 Å². The molecule has 0 unspecified atom stereocenters. The maximum Gasteiger partial charge on any atom is 0.244 e. The molecule has 0 bridgehead atoms. The molecule has 0 spiro atoms. The van der Waals surface area contributed by atoms with Crippen LogP contribution in [0.1, 0.15) is 11.3 Å². The minimum absolute atomic E-state index is 0.226. The fraction of sp³-hybridized carbons (Fsp3) is 0.0714. The number of carbonyl (C=O) groups is 1. The Hall–Kier alpha value is -2.36. The molecule has 0 saturated heterocycles. The molecule has 2 rings (SSSR count). The lowest BCUT2D eigenvalue weighted by molar-refractivity contribution is -0.116. The van der Waals surface area contributed by atoms with E-state index in [1.165, 1.54) is 24.5 Å². The number of benzene rings is 1. The third kappa shape index (κ3) is 3.59. The summed E-state index contributed by atoms with van der Waals surface area (Å²) in [5.41, 5.74) is 0.844. The summed E-state index contributed by atoms with van der Waals surface area (Å²) in [6.07, 6.45) is 4.51. The van der Waals surface area contributed by atoms with Gasteiger partial charge in [-0.15, -0.1) is 0 Å². The molecule has 0 radical (unpaired) electrons. The third-order valence-electron chi connectivity index (χ3n) is 2.32. The van der Waals surface area contributed by atoms with Gasteiger partial charge >= 0.3 is 0 Å². The first-order valence-corrected chi connectivity index (χ1v) is 5.48. The van der Waals surface area contributed by atoms with Crippen LogP contribution in [0.4, 0.5) is 4.39 Å². The first-order valence-electron chi connectivity index (χ1n) is 5.48. The molecule has 18 heavy (non-hydrogen) atoms. The molecule has 0 atom stereocenters. The molecule has 1 aromatic heterocycles. The highest BCUT2D eigenvalue weighted by atomic mass is 19.1. The van der Waals surface area contributed by atoms with Crippen molar-refractivity contribution < 1.29 is 13.6 Å². The van der Waals surface area contributed by atoms with Crippen LogP contribution in [0.15, 0.2) is 53.2 Å². The summed E-state index contributed by atoms with van der Waals surface area (Å²) in [4.78, 5) is 11.5. The highest BCUT2D eigenvalue weighted by Gasteiger charge is 1.98. The van der Waals surface area contributed by atoms with Crippen molar-refractivity contribution in [1.82, 2.24) is 5.32 Å². The van der Waals surface area contributed by atoms with Crippen molar-refractivity contribution >= 4 is 12.0 Å². The molecule has 1 aromatic carbocycles. The van der Waals surface area contributed by atoms with E-state index in [2.05, 4.69) is 5.32 Å². The molecule has 4 heteroatoms. The van der Waals surface area contributed by atoms with E-state index in [1.807, 2.05) is 0 Å². The number of rotatable bonds is 4. The zero-order valence-electron chi connectivity index (χ0n) is 9.60. The molecular formula is C14H12FNO2. The average molecular weight is 245 g/mol. The maximum atomic E-state index is 12.7. The minimum atomic E-state index is -0.289. The van der Waals surface area contributed by atoms with Crippen molar-refractivity contribution in [3.63, 3.8) is 0 Å². The Balaban J connectivity index is 1.83. The number of halogens is 1. The van der Waals surface area contributed by atoms with Gasteiger partial charge in [-0.25, -0.2) is 4.39 Å². The van der Waals surface area contributed by atoms with Gasteiger partial charge in [0.05, 0.1) is 6.26 Å². The van der Waals surface area contributed by atoms with Crippen molar-refractivity contribution in [2.75, 3.05) is 0 Å².